The Morgan fingerprint density at radius 3 is 2.41 bits per heavy atom. The van der Waals surface area contributed by atoms with Crippen LogP contribution in [0.1, 0.15) is 51.7 Å². The van der Waals surface area contributed by atoms with Gasteiger partial charge in [-0.05, 0) is 42.7 Å². The molecule has 1 aromatic carbocycles. The van der Waals surface area contributed by atoms with Crippen LogP contribution in [-0.2, 0) is 16.6 Å². The second-order valence-corrected chi connectivity index (χ2v) is 5.56. The zero-order valence-electron chi connectivity index (χ0n) is 11.8. The first kappa shape index (κ1) is 14.2. The molecule has 0 fully saturated rings. The minimum Gasteiger partial charge on any atom is -0.382 e. The van der Waals surface area contributed by atoms with E-state index in [2.05, 4.69) is 52.0 Å². The van der Waals surface area contributed by atoms with Crippen LogP contribution in [0.5, 0.6) is 0 Å². The van der Waals surface area contributed by atoms with Gasteiger partial charge in [0.1, 0.15) is 0 Å². The van der Waals surface area contributed by atoms with Gasteiger partial charge < -0.3 is 4.74 Å². The predicted molar refractivity (Wildman–Crippen MR) is 74.6 cm³/mol. The van der Waals surface area contributed by atoms with Gasteiger partial charge in [-0.1, -0.05) is 45.0 Å². The van der Waals surface area contributed by atoms with E-state index in [-0.39, 0.29) is 5.41 Å². The molecule has 96 valence electrons. The van der Waals surface area contributed by atoms with Gasteiger partial charge in [-0.2, -0.15) is 0 Å². The molecule has 0 aliphatic rings. The van der Waals surface area contributed by atoms with E-state index in [0.29, 0.717) is 0 Å². The first-order chi connectivity index (χ1) is 8.05. The lowest BCUT2D eigenvalue weighted by atomic mass is 9.82. The van der Waals surface area contributed by atoms with Crippen molar-refractivity contribution in [3.8, 4) is 0 Å². The molecular weight excluding hydrogens is 208 g/mol. The highest BCUT2D eigenvalue weighted by molar-refractivity contribution is 5.32. The van der Waals surface area contributed by atoms with Crippen LogP contribution in [0.3, 0.4) is 0 Å². The van der Waals surface area contributed by atoms with Crippen molar-refractivity contribution in [1.29, 1.82) is 0 Å². The van der Waals surface area contributed by atoms with Gasteiger partial charge in [-0.3, -0.25) is 0 Å². The zero-order chi connectivity index (χ0) is 12.7. The number of hydrogen-bond donors (Lipinski definition) is 0. The fourth-order valence-electron chi connectivity index (χ4n) is 2.13. The lowest BCUT2D eigenvalue weighted by Crippen LogP contribution is -2.14. The molecule has 1 nitrogen and oxygen atoms in total. The Labute approximate surface area is 106 Å². The fraction of sp³-hybridized carbons (Fsp3) is 0.625. The molecular formula is C16H26O. The van der Waals surface area contributed by atoms with Gasteiger partial charge in [0.15, 0.2) is 0 Å². The van der Waals surface area contributed by atoms with E-state index < -0.39 is 0 Å². The predicted octanol–water partition coefficient (Wildman–Crippen LogP) is 4.34. The molecule has 0 spiro atoms. The van der Waals surface area contributed by atoms with Crippen molar-refractivity contribution in [3.05, 3.63) is 35.4 Å². The van der Waals surface area contributed by atoms with Crippen molar-refractivity contribution in [3.63, 3.8) is 0 Å². The van der Waals surface area contributed by atoms with Gasteiger partial charge >= 0.3 is 0 Å². The summed E-state index contributed by atoms with van der Waals surface area (Å²) in [4.78, 5) is 0. The molecule has 0 aromatic heterocycles. The minimum absolute atomic E-state index is 0.247. The quantitative estimate of drug-likeness (QED) is 0.665. The molecule has 0 aliphatic carbocycles. The number of benzene rings is 1. The van der Waals surface area contributed by atoms with Crippen LogP contribution in [0, 0.1) is 0 Å². The first-order valence-electron chi connectivity index (χ1n) is 6.72. The summed E-state index contributed by atoms with van der Waals surface area (Å²) in [5.74, 6) is 0. The second kappa shape index (κ2) is 6.80. The van der Waals surface area contributed by atoms with E-state index >= 15 is 0 Å². The Hall–Kier alpha value is -0.820. The summed E-state index contributed by atoms with van der Waals surface area (Å²) in [5, 5.41) is 0. The third-order valence-corrected chi connectivity index (χ3v) is 3.01. The Bertz CT molecular complexity index is 323. The topological polar surface area (TPSA) is 9.23 Å². The van der Waals surface area contributed by atoms with Gasteiger partial charge in [-0.15, -0.1) is 0 Å². The van der Waals surface area contributed by atoms with Crippen molar-refractivity contribution < 1.29 is 4.74 Å². The van der Waals surface area contributed by atoms with Crippen molar-refractivity contribution >= 4 is 0 Å². The van der Waals surface area contributed by atoms with E-state index in [4.69, 9.17) is 4.74 Å². The lowest BCUT2D eigenvalue weighted by Gasteiger charge is -2.22. The maximum atomic E-state index is 5.37. The number of ether oxygens (including phenoxy) is 1. The molecule has 0 aliphatic heterocycles. The first-order valence-corrected chi connectivity index (χ1v) is 6.72. The molecule has 1 heteroatoms. The molecule has 0 heterocycles. The molecule has 0 N–H and O–H groups in total. The van der Waals surface area contributed by atoms with Crippen molar-refractivity contribution in [2.45, 2.75) is 52.4 Å². The van der Waals surface area contributed by atoms with Gasteiger partial charge in [0, 0.05) is 13.2 Å². The Kier molecular flexibility index (Phi) is 5.70. The molecule has 0 unspecified atom stereocenters. The molecule has 1 aromatic rings. The van der Waals surface area contributed by atoms with E-state index in [0.717, 1.165) is 19.6 Å². The lowest BCUT2D eigenvalue weighted by molar-refractivity contribution is 0.143. The van der Waals surface area contributed by atoms with Gasteiger partial charge in [-0.25, -0.2) is 0 Å². The van der Waals surface area contributed by atoms with Crippen LogP contribution >= 0.6 is 0 Å². The van der Waals surface area contributed by atoms with E-state index in [9.17, 15) is 0 Å². The van der Waals surface area contributed by atoms with Crippen molar-refractivity contribution in [2.24, 2.45) is 0 Å². The summed E-state index contributed by atoms with van der Waals surface area (Å²) in [5.41, 5.74) is 3.23. The standard InChI is InChI=1S/C16H26O/c1-5-17-13-9-8-11-14-10-6-7-12-15(14)16(2,3)4/h6-7,10,12H,5,8-9,11,13H2,1-4H3. The number of unbranched alkanes of at least 4 members (excludes halogenated alkanes) is 1. The summed E-state index contributed by atoms with van der Waals surface area (Å²) in [6, 6.07) is 8.82. The highest BCUT2D eigenvalue weighted by Crippen LogP contribution is 2.26. The SMILES string of the molecule is CCOCCCCc1ccccc1C(C)(C)C. The summed E-state index contributed by atoms with van der Waals surface area (Å²) in [7, 11) is 0. The molecule has 17 heavy (non-hydrogen) atoms. The Morgan fingerprint density at radius 2 is 1.76 bits per heavy atom. The molecule has 0 amide bonds. The molecule has 0 saturated heterocycles. The molecule has 0 bridgehead atoms. The smallest absolute Gasteiger partial charge is 0.0466 e. The summed E-state index contributed by atoms with van der Waals surface area (Å²) < 4.78 is 5.37. The largest absolute Gasteiger partial charge is 0.382 e. The van der Waals surface area contributed by atoms with Crippen LogP contribution < -0.4 is 0 Å². The Morgan fingerprint density at radius 1 is 1.06 bits per heavy atom. The third kappa shape index (κ3) is 4.91. The number of hydrogen-bond acceptors (Lipinski definition) is 1. The maximum Gasteiger partial charge on any atom is 0.0466 e. The highest BCUT2D eigenvalue weighted by atomic mass is 16.5. The number of rotatable bonds is 6. The number of aryl methyl sites for hydroxylation is 1. The highest BCUT2D eigenvalue weighted by Gasteiger charge is 2.16. The van der Waals surface area contributed by atoms with Crippen LogP contribution in [-0.4, -0.2) is 13.2 Å². The van der Waals surface area contributed by atoms with E-state index in [1.165, 1.54) is 24.0 Å². The Balaban J connectivity index is 2.53. The van der Waals surface area contributed by atoms with Crippen LogP contribution in [0.25, 0.3) is 0 Å². The zero-order valence-corrected chi connectivity index (χ0v) is 11.8. The fourth-order valence-corrected chi connectivity index (χ4v) is 2.13. The average molecular weight is 234 g/mol. The second-order valence-electron chi connectivity index (χ2n) is 5.56. The summed E-state index contributed by atoms with van der Waals surface area (Å²) >= 11 is 0. The van der Waals surface area contributed by atoms with E-state index in [1.54, 1.807) is 0 Å². The van der Waals surface area contributed by atoms with E-state index in [1.807, 2.05) is 0 Å². The van der Waals surface area contributed by atoms with Crippen LogP contribution in [0.15, 0.2) is 24.3 Å². The van der Waals surface area contributed by atoms with Crippen LogP contribution in [0.4, 0.5) is 0 Å². The average Bonchev–Trinajstić information content (AvgIpc) is 2.28. The van der Waals surface area contributed by atoms with Gasteiger partial charge in [0.05, 0.1) is 0 Å². The summed E-state index contributed by atoms with van der Waals surface area (Å²) in [6.07, 6.45) is 3.54. The normalized spacial score (nSPS) is 11.8. The maximum absolute atomic E-state index is 5.37. The van der Waals surface area contributed by atoms with Crippen molar-refractivity contribution in [1.82, 2.24) is 0 Å². The third-order valence-electron chi connectivity index (χ3n) is 3.01. The van der Waals surface area contributed by atoms with Crippen LogP contribution in [0.2, 0.25) is 0 Å². The van der Waals surface area contributed by atoms with Crippen molar-refractivity contribution in [2.75, 3.05) is 13.2 Å². The van der Waals surface area contributed by atoms with Gasteiger partial charge in [0.2, 0.25) is 0 Å². The molecule has 1 rings (SSSR count). The minimum atomic E-state index is 0.247. The summed E-state index contributed by atoms with van der Waals surface area (Å²) in [6.45, 7) is 10.6. The molecule has 0 saturated carbocycles. The molecule has 0 atom stereocenters. The monoisotopic (exact) mass is 234 g/mol. The van der Waals surface area contributed by atoms with Gasteiger partial charge in [0.25, 0.3) is 0 Å². The molecule has 0 radical (unpaired) electrons.